The summed E-state index contributed by atoms with van der Waals surface area (Å²) in [6.07, 6.45) is 2.90. The highest BCUT2D eigenvalue weighted by Crippen LogP contribution is 2.19. The van der Waals surface area contributed by atoms with Crippen LogP contribution in [0.1, 0.15) is 46.0 Å². The van der Waals surface area contributed by atoms with Crippen molar-refractivity contribution in [1.29, 1.82) is 0 Å². The van der Waals surface area contributed by atoms with E-state index in [1.807, 2.05) is 13.8 Å². The lowest BCUT2D eigenvalue weighted by Crippen LogP contribution is -2.46. The van der Waals surface area contributed by atoms with Crippen molar-refractivity contribution >= 4 is 12.0 Å². The van der Waals surface area contributed by atoms with E-state index in [-0.39, 0.29) is 11.9 Å². The molecule has 0 saturated carbocycles. The second kappa shape index (κ2) is 7.47. The molecule has 6 nitrogen and oxygen atoms in total. The molecule has 3 N–H and O–H groups in total. The molecule has 116 valence electrons. The summed E-state index contributed by atoms with van der Waals surface area (Å²) in [5.41, 5.74) is -0.705. The number of nitrogens with one attached hydrogen (secondary N) is 1. The van der Waals surface area contributed by atoms with Gasteiger partial charge in [-0.05, 0) is 32.1 Å². The minimum atomic E-state index is -0.777. The van der Waals surface area contributed by atoms with Crippen molar-refractivity contribution in [3.05, 3.63) is 0 Å². The Morgan fingerprint density at radius 3 is 2.25 bits per heavy atom. The number of carbonyl (C=O) groups excluding carboxylic acids is 1. The summed E-state index contributed by atoms with van der Waals surface area (Å²) in [6, 6.07) is -0.164. The highest BCUT2D eigenvalue weighted by atomic mass is 16.4. The second-order valence-electron chi connectivity index (χ2n) is 5.51. The third kappa shape index (κ3) is 4.67. The van der Waals surface area contributed by atoms with E-state index < -0.39 is 11.6 Å². The van der Waals surface area contributed by atoms with Gasteiger partial charge in [0.2, 0.25) is 0 Å². The molecule has 0 atom stereocenters. The Morgan fingerprint density at radius 1 is 1.25 bits per heavy atom. The Balaban J connectivity index is 2.29. The normalized spacial score (nSPS) is 17.1. The monoisotopic (exact) mass is 286 g/mol. The fourth-order valence-corrected chi connectivity index (χ4v) is 2.45. The lowest BCUT2D eigenvalue weighted by molar-refractivity contribution is -0.143. The number of rotatable bonds is 6. The van der Waals surface area contributed by atoms with Crippen LogP contribution in [0.4, 0.5) is 4.79 Å². The van der Waals surface area contributed by atoms with Gasteiger partial charge in [-0.2, -0.15) is 0 Å². The van der Waals surface area contributed by atoms with Gasteiger partial charge in [-0.25, -0.2) is 4.79 Å². The number of hydrogen-bond acceptors (Lipinski definition) is 3. The van der Waals surface area contributed by atoms with E-state index >= 15 is 0 Å². The Labute approximate surface area is 120 Å². The fraction of sp³-hybridized carbons (Fsp3) is 0.857. The van der Waals surface area contributed by atoms with E-state index in [1.54, 1.807) is 4.90 Å². The van der Waals surface area contributed by atoms with Gasteiger partial charge in [0.1, 0.15) is 0 Å². The minimum Gasteiger partial charge on any atom is -0.481 e. The number of aliphatic carboxylic acids is 1. The number of aliphatic hydroxyl groups is 1. The van der Waals surface area contributed by atoms with Crippen molar-refractivity contribution in [1.82, 2.24) is 10.2 Å². The van der Waals surface area contributed by atoms with E-state index in [4.69, 9.17) is 5.11 Å². The highest BCUT2D eigenvalue weighted by molar-refractivity contribution is 5.75. The standard InChI is InChI=1S/C14H26N2O4/c1-3-14(20,4-2)7-8-15-13(19)16-9-5-11(6-10-16)12(17)18/h11,20H,3-10H2,1-2H3,(H,15,19)(H,17,18). The van der Waals surface area contributed by atoms with E-state index in [9.17, 15) is 14.7 Å². The topological polar surface area (TPSA) is 89.9 Å². The third-order valence-corrected chi connectivity index (χ3v) is 4.31. The number of likely N-dealkylation sites (tertiary alicyclic amines) is 1. The predicted molar refractivity (Wildman–Crippen MR) is 75.5 cm³/mol. The summed E-state index contributed by atoms with van der Waals surface area (Å²) < 4.78 is 0. The number of carboxylic acids is 1. The summed E-state index contributed by atoms with van der Waals surface area (Å²) in [6.45, 7) is 5.27. The van der Waals surface area contributed by atoms with Gasteiger partial charge in [0.05, 0.1) is 11.5 Å². The summed E-state index contributed by atoms with van der Waals surface area (Å²) in [7, 11) is 0. The molecule has 1 rings (SSSR count). The van der Waals surface area contributed by atoms with Gasteiger partial charge in [0, 0.05) is 19.6 Å². The summed E-state index contributed by atoms with van der Waals surface area (Å²) in [5.74, 6) is -1.11. The largest absolute Gasteiger partial charge is 0.481 e. The quantitative estimate of drug-likeness (QED) is 0.689. The van der Waals surface area contributed by atoms with E-state index in [0.717, 1.165) is 0 Å². The lowest BCUT2D eigenvalue weighted by Gasteiger charge is -2.31. The first-order valence-corrected chi connectivity index (χ1v) is 7.40. The SMILES string of the molecule is CCC(O)(CC)CCNC(=O)N1CCC(C(=O)O)CC1. The maximum Gasteiger partial charge on any atom is 0.317 e. The summed E-state index contributed by atoms with van der Waals surface area (Å²) >= 11 is 0. The van der Waals surface area contributed by atoms with Crippen molar-refractivity contribution in [3.8, 4) is 0 Å². The zero-order valence-corrected chi connectivity index (χ0v) is 12.4. The average Bonchev–Trinajstić information content (AvgIpc) is 2.47. The van der Waals surface area contributed by atoms with Crippen LogP contribution < -0.4 is 5.32 Å². The number of nitrogens with zero attached hydrogens (tertiary/aromatic N) is 1. The molecule has 0 aromatic heterocycles. The molecule has 1 aliphatic rings. The molecular weight excluding hydrogens is 260 g/mol. The number of hydrogen-bond donors (Lipinski definition) is 3. The molecule has 0 radical (unpaired) electrons. The molecule has 1 heterocycles. The lowest BCUT2D eigenvalue weighted by atomic mass is 9.93. The molecule has 20 heavy (non-hydrogen) atoms. The van der Waals surface area contributed by atoms with Crippen LogP contribution in [0.5, 0.6) is 0 Å². The maximum atomic E-state index is 11.9. The Kier molecular flexibility index (Phi) is 6.26. The molecule has 1 fully saturated rings. The van der Waals surface area contributed by atoms with Gasteiger partial charge < -0.3 is 20.4 Å². The van der Waals surface area contributed by atoms with E-state index in [2.05, 4.69) is 5.32 Å². The van der Waals surface area contributed by atoms with Gasteiger partial charge in [-0.3, -0.25) is 4.79 Å². The zero-order valence-electron chi connectivity index (χ0n) is 12.4. The van der Waals surface area contributed by atoms with Crippen molar-refractivity contribution in [2.75, 3.05) is 19.6 Å². The predicted octanol–water partition coefficient (Wildman–Crippen LogP) is 1.43. The Morgan fingerprint density at radius 2 is 1.80 bits per heavy atom. The van der Waals surface area contributed by atoms with Crippen LogP contribution in [0, 0.1) is 5.92 Å². The molecule has 0 spiro atoms. The molecule has 1 saturated heterocycles. The summed E-state index contributed by atoms with van der Waals surface area (Å²) in [5, 5.41) is 21.8. The van der Waals surface area contributed by atoms with Gasteiger partial charge in [0.15, 0.2) is 0 Å². The number of carboxylic acid groups (broad SMARTS) is 1. The third-order valence-electron chi connectivity index (χ3n) is 4.31. The van der Waals surface area contributed by atoms with Gasteiger partial charge in [-0.15, -0.1) is 0 Å². The molecule has 0 aliphatic carbocycles. The first-order chi connectivity index (χ1) is 9.41. The molecular formula is C14H26N2O4. The Hall–Kier alpha value is -1.30. The van der Waals surface area contributed by atoms with Gasteiger partial charge >= 0.3 is 12.0 Å². The minimum absolute atomic E-state index is 0.164. The van der Waals surface area contributed by atoms with E-state index in [0.29, 0.717) is 51.7 Å². The number of urea groups is 1. The smallest absolute Gasteiger partial charge is 0.317 e. The van der Waals surface area contributed by atoms with Crippen LogP contribution in [-0.2, 0) is 4.79 Å². The molecule has 0 bridgehead atoms. The van der Waals surface area contributed by atoms with Crippen molar-refractivity contribution in [3.63, 3.8) is 0 Å². The number of piperidine rings is 1. The first-order valence-electron chi connectivity index (χ1n) is 7.40. The van der Waals surface area contributed by atoms with Crippen molar-refractivity contribution < 1.29 is 19.8 Å². The maximum absolute atomic E-state index is 11.9. The average molecular weight is 286 g/mol. The van der Waals surface area contributed by atoms with Crippen molar-refractivity contribution in [2.45, 2.75) is 51.6 Å². The van der Waals surface area contributed by atoms with Crippen LogP contribution in [0.15, 0.2) is 0 Å². The van der Waals surface area contributed by atoms with Gasteiger partial charge in [-0.1, -0.05) is 13.8 Å². The van der Waals surface area contributed by atoms with E-state index in [1.165, 1.54) is 0 Å². The van der Waals surface area contributed by atoms with Crippen LogP contribution in [0.25, 0.3) is 0 Å². The van der Waals surface area contributed by atoms with Crippen molar-refractivity contribution in [2.24, 2.45) is 5.92 Å². The molecule has 0 aromatic carbocycles. The second-order valence-corrected chi connectivity index (χ2v) is 5.51. The molecule has 0 aromatic rings. The highest BCUT2D eigenvalue weighted by Gasteiger charge is 2.27. The zero-order chi connectivity index (χ0) is 15.2. The molecule has 6 heteroatoms. The molecule has 2 amide bonds. The van der Waals surface area contributed by atoms with Crippen LogP contribution in [-0.4, -0.2) is 52.3 Å². The van der Waals surface area contributed by atoms with Crippen LogP contribution in [0.2, 0.25) is 0 Å². The first kappa shape index (κ1) is 16.8. The summed E-state index contributed by atoms with van der Waals surface area (Å²) in [4.78, 5) is 24.4. The van der Waals surface area contributed by atoms with Crippen LogP contribution >= 0.6 is 0 Å². The number of amides is 2. The number of carbonyl (C=O) groups is 2. The Bertz CT molecular complexity index is 334. The van der Waals surface area contributed by atoms with Crippen LogP contribution in [0.3, 0.4) is 0 Å². The fourth-order valence-electron chi connectivity index (χ4n) is 2.45. The molecule has 0 unspecified atom stereocenters. The van der Waals surface area contributed by atoms with Gasteiger partial charge in [0.25, 0.3) is 0 Å². The molecule has 1 aliphatic heterocycles.